The molecule has 5 heteroatoms. The summed E-state index contributed by atoms with van der Waals surface area (Å²) in [5.41, 5.74) is 0.996. The van der Waals surface area contributed by atoms with Gasteiger partial charge >= 0.3 is 5.97 Å². The standard InChI is InChI=1S/C13H12O5/c14-8-7-9-1-3-10(4-2-9)17-12-6-5-11(18-12)13(15)16/h1-6,14H,7-8H2,(H,15,16). The lowest BCUT2D eigenvalue weighted by Gasteiger charge is -2.03. The number of carboxylic acids is 1. The van der Waals surface area contributed by atoms with Gasteiger partial charge in [0.15, 0.2) is 0 Å². The molecule has 0 aliphatic rings. The lowest BCUT2D eigenvalue weighted by atomic mass is 10.1. The molecule has 0 fully saturated rings. The Kier molecular flexibility index (Phi) is 3.64. The van der Waals surface area contributed by atoms with Gasteiger partial charge in [-0.2, -0.15) is 0 Å². The fourth-order valence-electron chi connectivity index (χ4n) is 1.46. The van der Waals surface area contributed by atoms with Crippen LogP contribution in [0.1, 0.15) is 16.1 Å². The van der Waals surface area contributed by atoms with Crippen molar-refractivity contribution in [3.63, 3.8) is 0 Å². The molecule has 1 aromatic heterocycles. The van der Waals surface area contributed by atoms with Crippen molar-refractivity contribution >= 4 is 5.97 Å². The Hall–Kier alpha value is -2.27. The van der Waals surface area contributed by atoms with Crippen molar-refractivity contribution < 1.29 is 24.2 Å². The molecule has 18 heavy (non-hydrogen) atoms. The molecule has 0 bridgehead atoms. The maximum Gasteiger partial charge on any atom is 0.371 e. The average Bonchev–Trinajstić information content (AvgIpc) is 2.81. The van der Waals surface area contributed by atoms with Crippen molar-refractivity contribution in [1.29, 1.82) is 0 Å². The zero-order valence-corrected chi connectivity index (χ0v) is 9.50. The molecule has 0 aliphatic carbocycles. The van der Waals surface area contributed by atoms with E-state index in [0.717, 1.165) is 5.56 Å². The average molecular weight is 248 g/mol. The maximum atomic E-state index is 10.6. The second-order valence-corrected chi connectivity index (χ2v) is 3.64. The fraction of sp³-hybridized carbons (Fsp3) is 0.154. The lowest BCUT2D eigenvalue weighted by molar-refractivity contribution is 0.0657. The molecule has 1 aromatic carbocycles. The molecule has 2 aromatic rings. The maximum absolute atomic E-state index is 10.6. The molecule has 1 heterocycles. The molecular formula is C13H12O5. The number of carbonyl (C=O) groups is 1. The number of rotatable bonds is 5. The Balaban J connectivity index is 2.06. The molecule has 0 spiro atoms. The highest BCUT2D eigenvalue weighted by molar-refractivity contribution is 5.84. The van der Waals surface area contributed by atoms with Gasteiger partial charge in [-0.3, -0.25) is 0 Å². The Morgan fingerprint density at radius 2 is 1.89 bits per heavy atom. The van der Waals surface area contributed by atoms with E-state index in [1.54, 1.807) is 12.1 Å². The number of aliphatic hydroxyl groups excluding tert-OH is 1. The highest BCUT2D eigenvalue weighted by Gasteiger charge is 2.10. The van der Waals surface area contributed by atoms with Gasteiger partial charge < -0.3 is 19.4 Å². The number of hydrogen-bond donors (Lipinski definition) is 2. The third-order valence-corrected chi connectivity index (χ3v) is 2.33. The second-order valence-electron chi connectivity index (χ2n) is 3.64. The van der Waals surface area contributed by atoms with Crippen LogP contribution in [-0.2, 0) is 6.42 Å². The van der Waals surface area contributed by atoms with Crippen LogP contribution in [0.15, 0.2) is 40.8 Å². The van der Waals surface area contributed by atoms with Crippen LogP contribution >= 0.6 is 0 Å². The first kappa shape index (κ1) is 12.2. The summed E-state index contributed by atoms with van der Waals surface area (Å²) in [5.74, 6) is -0.629. The van der Waals surface area contributed by atoms with Crippen LogP contribution in [0.4, 0.5) is 0 Å². The van der Waals surface area contributed by atoms with Crippen LogP contribution in [0.25, 0.3) is 0 Å². The van der Waals surface area contributed by atoms with Crippen molar-refractivity contribution in [3.8, 4) is 11.7 Å². The number of furan rings is 1. The summed E-state index contributed by atoms with van der Waals surface area (Å²) in [6.45, 7) is 0.0976. The van der Waals surface area contributed by atoms with E-state index in [-0.39, 0.29) is 18.3 Å². The molecule has 94 valence electrons. The van der Waals surface area contributed by atoms with Gasteiger partial charge in [0.1, 0.15) is 5.75 Å². The van der Waals surface area contributed by atoms with E-state index < -0.39 is 5.97 Å². The molecule has 2 N–H and O–H groups in total. The first-order chi connectivity index (χ1) is 8.69. The molecule has 0 saturated carbocycles. The lowest BCUT2D eigenvalue weighted by Crippen LogP contribution is -1.92. The van der Waals surface area contributed by atoms with Gasteiger partial charge in [0.2, 0.25) is 5.76 Å². The fourth-order valence-corrected chi connectivity index (χ4v) is 1.46. The van der Waals surface area contributed by atoms with E-state index in [1.165, 1.54) is 12.1 Å². The van der Waals surface area contributed by atoms with Crippen LogP contribution < -0.4 is 4.74 Å². The first-order valence-corrected chi connectivity index (χ1v) is 5.40. The van der Waals surface area contributed by atoms with Crippen LogP contribution in [-0.4, -0.2) is 22.8 Å². The Morgan fingerprint density at radius 3 is 2.44 bits per heavy atom. The zero-order chi connectivity index (χ0) is 13.0. The summed E-state index contributed by atoms with van der Waals surface area (Å²) in [5, 5.41) is 17.5. The molecule has 0 aliphatic heterocycles. The van der Waals surface area contributed by atoms with Gasteiger partial charge in [-0.1, -0.05) is 12.1 Å². The van der Waals surface area contributed by atoms with Crippen molar-refractivity contribution in [2.24, 2.45) is 0 Å². The van der Waals surface area contributed by atoms with E-state index in [0.29, 0.717) is 12.2 Å². The van der Waals surface area contributed by atoms with Crippen LogP contribution in [0.2, 0.25) is 0 Å². The predicted molar refractivity (Wildman–Crippen MR) is 63.0 cm³/mol. The topological polar surface area (TPSA) is 79.9 Å². The Labute approximate surface area is 103 Å². The predicted octanol–water partition coefficient (Wildman–Crippen LogP) is 2.30. The molecule has 0 amide bonds. The first-order valence-electron chi connectivity index (χ1n) is 5.40. The highest BCUT2D eigenvalue weighted by Crippen LogP contribution is 2.24. The third-order valence-electron chi connectivity index (χ3n) is 2.33. The zero-order valence-electron chi connectivity index (χ0n) is 9.50. The Morgan fingerprint density at radius 1 is 1.17 bits per heavy atom. The van der Waals surface area contributed by atoms with Crippen LogP contribution in [0, 0.1) is 0 Å². The molecule has 0 atom stereocenters. The normalized spacial score (nSPS) is 10.3. The summed E-state index contributed by atoms with van der Waals surface area (Å²) >= 11 is 0. The van der Waals surface area contributed by atoms with Gasteiger partial charge in [-0.05, 0) is 30.2 Å². The van der Waals surface area contributed by atoms with Gasteiger partial charge in [-0.15, -0.1) is 0 Å². The second kappa shape index (κ2) is 5.37. The quantitative estimate of drug-likeness (QED) is 0.848. The van der Waals surface area contributed by atoms with Crippen molar-refractivity contribution in [1.82, 2.24) is 0 Å². The SMILES string of the molecule is O=C(O)c1ccc(Oc2ccc(CCO)cc2)o1. The number of carboxylic acid groups (broad SMARTS) is 1. The molecule has 0 unspecified atom stereocenters. The summed E-state index contributed by atoms with van der Waals surface area (Å²) in [4.78, 5) is 10.6. The smallest absolute Gasteiger partial charge is 0.371 e. The van der Waals surface area contributed by atoms with E-state index >= 15 is 0 Å². The molecule has 0 radical (unpaired) electrons. The van der Waals surface area contributed by atoms with Crippen molar-refractivity contribution in [2.45, 2.75) is 6.42 Å². The van der Waals surface area contributed by atoms with Gasteiger partial charge in [0, 0.05) is 12.7 Å². The van der Waals surface area contributed by atoms with Crippen molar-refractivity contribution in [2.75, 3.05) is 6.61 Å². The minimum atomic E-state index is -1.14. The largest absolute Gasteiger partial charge is 0.475 e. The molecule has 2 rings (SSSR count). The van der Waals surface area contributed by atoms with E-state index in [1.807, 2.05) is 12.1 Å². The summed E-state index contributed by atoms with van der Waals surface area (Å²) in [7, 11) is 0. The molecule has 5 nitrogen and oxygen atoms in total. The minimum absolute atomic E-state index is 0.0976. The summed E-state index contributed by atoms with van der Waals surface area (Å²) < 4.78 is 10.3. The van der Waals surface area contributed by atoms with E-state index in [9.17, 15) is 4.79 Å². The van der Waals surface area contributed by atoms with Crippen LogP contribution in [0.3, 0.4) is 0 Å². The van der Waals surface area contributed by atoms with Crippen molar-refractivity contribution in [3.05, 3.63) is 47.7 Å². The number of aliphatic hydroxyl groups is 1. The molecular weight excluding hydrogens is 236 g/mol. The monoisotopic (exact) mass is 248 g/mol. The van der Waals surface area contributed by atoms with Gasteiger partial charge in [-0.25, -0.2) is 4.79 Å². The number of benzene rings is 1. The summed E-state index contributed by atoms with van der Waals surface area (Å²) in [6.07, 6.45) is 0.587. The van der Waals surface area contributed by atoms with E-state index in [4.69, 9.17) is 19.4 Å². The minimum Gasteiger partial charge on any atom is -0.475 e. The number of ether oxygens (including phenoxy) is 1. The molecule has 0 saturated heterocycles. The van der Waals surface area contributed by atoms with Gasteiger partial charge in [0.25, 0.3) is 5.95 Å². The third kappa shape index (κ3) is 2.89. The summed E-state index contributed by atoms with van der Waals surface area (Å²) in [6, 6.07) is 9.89. The number of hydrogen-bond acceptors (Lipinski definition) is 4. The van der Waals surface area contributed by atoms with Crippen LogP contribution in [0.5, 0.6) is 11.7 Å². The highest BCUT2D eigenvalue weighted by atomic mass is 16.6. The Bertz CT molecular complexity index is 527. The van der Waals surface area contributed by atoms with Gasteiger partial charge in [0.05, 0.1) is 0 Å². The number of aromatic carboxylic acids is 1. The van der Waals surface area contributed by atoms with E-state index in [2.05, 4.69) is 0 Å².